The van der Waals surface area contributed by atoms with E-state index in [0.717, 1.165) is 18.4 Å². The van der Waals surface area contributed by atoms with Crippen molar-refractivity contribution in [2.75, 3.05) is 7.11 Å². The highest BCUT2D eigenvalue weighted by Crippen LogP contribution is 2.49. The molecule has 136 valence electrons. The number of hydrogen-bond acceptors (Lipinski definition) is 4. The van der Waals surface area contributed by atoms with Gasteiger partial charge in [0.25, 0.3) is 0 Å². The summed E-state index contributed by atoms with van der Waals surface area (Å²) in [5, 5.41) is 0.717. The summed E-state index contributed by atoms with van der Waals surface area (Å²) in [5.41, 5.74) is 1.90. The maximum absolute atomic E-state index is 12.7. The Balaban J connectivity index is 1.93. The highest BCUT2D eigenvalue weighted by molar-refractivity contribution is 6.37. The van der Waals surface area contributed by atoms with Crippen LogP contribution in [-0.4, -0.2) is 18.7 Å². The maximum Gasteiger partial charge on any atom is 0.163 e. The maximum atomic E-state index is 12.7. The Morgan fingerprint density at radius 2 is 1.42 bits per heavy atom. The van der Waals surface area contributed by atoms with Crippen LogP contribution in [0.5, 0.6) is 5.75 Å². The van der Waals surface area contributed by atoms with E-state index in [4.69, 9.17) is 32.7 Å². The van der Waals surface area contributed by atoms with Crippen molar-refractivity contribution >= 4 is 34.8 Å². The van der Waals surface area contributed by atoms with Gasteiger partial charge in [0, 0.05) is 42.7 Å². The predicted molar refractivity (Wildman–Crippen MR) is 98.6 cm³/mol. The lowest BCUT2D eigenvalue weighted by atomic mass is 9.73. The van der Waals surface area contributed by atoms with Gasteiger partial charge in [0.05, 0.1) is 17.2 Å². The number of allylic oxidation sites excluding steroid dienone is 4. The Hall–Kier alpha value is -1.78. The van der Waals surface area contributed by atoms with E-state index in [2.05, 4.69) is 0 Å². The van der Waals surface area contributed by atoms with Gasteiger partial charge in [0.1, 0.15) is 11.5 Å². The number of halogens is 2. The molecule has 0 N–H and O–H groups in total. The Bertz CT molecular complexity index is 817. The van der Waals surface area contributed by atoms with Crippen molar-refractivity contribution in [2.24, 2.45) is 0 Å². The summed E-state index contributed by atoms with van der Waals surface area (Å²) in [6, 6.07) is 3.47. The van der Waals surface area contributed by atoms with Crippen molar-refractivity contribution in [2.45, 2.75) is 44.4 Å². The third kappa shape index (κ3) is 2.76. The van der Waals surface area contributed by atoms with Crippen LogP contribution in [0.3, 0.4) is 0 Å². The van der Waals surface area contributed by atoms with E-state index in [1.807, 2.05) is 0 Å². The van der Waals surface area contributed by atoms with Crippen molar-refractivity contribution in [3.05, 3.63) is 50.4 Å². The summed E-state index contributed by atoms with van der Waals surface area (Å²) < 4.78 is 11.2. The van der Waals surface area contributed by atoms with Crippen molar-refractivity contribution in [1.82, 2.24) is 0 Å². The monoisotopic (exact) mass is 392 g/mol. The second-order valence-corrected chi connectivity index (χ2v) is 7.59. The molecular weight excluding hydrogens is 375 g/mol. The number of carbonyl (C=O) groups is 2. The average molecular weight is 393 g/mol. The van der Waals surface area contributed by atoms with Crippen LogP contribution in [0.2, 0.25) is 10.0 Å². The van der Waals surface area contributed by atoms with E-state index in [1.165, 1.54) is 7.11 Å². The van der Waals surface area contributed by atoms with E-state index in [0.29, 0.717) is 64.1 Å². The minimum absolute atomic E-state index is 0.0317. The molecule has 4 rings (SSSR count). The molecule has 0 bridgehead atoms. The summed E-state index contributed by atoms with van der Waals surface area (Å²) in [7, 11) is 1.50. The molecule has 0 fully saturated rings. The van der Waals surface area contributed by atoms with E-state index in [1.54, 1.807) is 12.1 Å². The molecule has 1 heterocycles. The molecule has 0 radical (unpaired) electrons. The van der Waals surface area contributed by atoms with Gasteiger partial charge in [-0.25, -0.2) is 0 Å². The molecule has 0 saturated carbocycles. The minimum atomic E-state index is -0.463. The Morgan fingerprint density at radius 3 is 1.88 bits per heavy atom. The standard InChI is InChI=1S/C20H18Cl2O4/c1-25-20-11(21)8-10(9-12(20)22)17-18-13(23)4-2-6-15(18)26-16-7-3-5-14(24)19(16)17/h8-9,17H,2-7H2,1H3. The first-order valence-corrected chi connectivity index (χ1v) is 9.50. The van der Waals surface area contributed by atoms with Crippen LogP contribution in [0.1, 0.15) is 50.0 Å². The van der Waals surface area contributed by atoms with Crippen LogP contribution < -0.4 is 4.74 Å². The third-order valence-corrected chi connectivity index (χ3v) is 5.76. The molecule has 3 aliphatic rings. The molecule has 0 saturated heterocycles. The number of Topliss-reactive ketones (excluding diaryl/α,β-unsaturated/α-hetero) is 2. The molecule has 6 heteroatoms. The van der Waals surface area contributed by atoms with Gasteiger partial charge in [0.15, 0.2) is 17.3 Å². The zero-order chi connectivity index (χ0) is 18.4. The van der Waals surface area contributed by atoms with Crippen LogP contribution in [0, 0.1) is 0 Å². The Morgan fingerprint density at radius 1 is 0.923 bits per heavy atom. The summed E-state index contributed by atoms with van der Waals surface area (Å²) >= 11 is 12.7. The molecule has 0 atom stereocenters. The first-order chi connectivity index (χ1) is 12.5. The number of carbonyl (C=O) groups excluding carboxylic acids is 2. The smallest absolute Gasteiger partial charge is 0.163 e. The van der Waals surface area contributed by atoms with Gasteiger partial charge < -0.3 is 9.47 Å². The van der Waals surface area contributed by atoms with Gasteiger partial charge in [-0.15, -0.1) is 0 Å². The lowest BCUT2D eigenvalue weighted by Gasteiger charge is -2.36. The first-order valence-electron chi connectivity index (χ1n) is 8.74. The van der Waals surface area contributed by atoms with E-state index in [-0.39, 0.29) is 11.6 Å². The molecule has 0 aromatic heterocycles. The second kappa shape index (κ2) is 6.75. The molecule has 26 heavy (non-hydrogen) atoms. The van der Waals surface area contributed by atoms with Crippen LogP contribution in [0.15, 0.2) is 34.8 Å². The number of methoxy groups -OCH3 is 1. The molecule has 1 aromatic rings. The SMILES string of the molecule is COc1c(Cl)cc(C2C3=C(CCCC3=O)OC3=C2C(=O)CCC3)cc1Cl. The fourth-order valence-corrected chi connectivity index (χ4v) is 4.75. The topological polar surface area (TPSA) is 52.6 Å². The molecule has 4 nitrogen and oxygen atoms in total. The molecular formula is C20H18Cl2O4. The van der Waals surface area contributed by atoms with Crippen molar-refractivity contribution in [1.29, 1.82) is 0 Å². The number of benzene rings is 1. The second-order valence-electron chi connectivity index (χ2n) is 6.78. The number of hydrogen-bond donors (Lipinski definition) is 0. The summed E-state index contributed by atoms with van der Waals surface area (Å²) in [4.78, 5) is 25.4. The molecule has 1 aliphatic heterocycles. The van der Waals surface area contributed by atoms with Crippen LogP contribution >= 0.6 is 23.2 Å². The van der Waals surface area contributed by atoms with Crippen molar-refractivity contribution in [3.63, 3.8) is 0 Å². The summed E-state index contributed by atoms with van der Waals surface area (Å²) in [6.45, 7) is 0. The number of rotatable bonds is 2. The molecule has 0 amide bonds. The summed E-state index contributed by atoms with van der Waals surface area (Å²) in [6.07, 6.45) is 3.89. The highest BCUT2D eigenvalue weighted by Gasteiger charge is 2.42. The minimum Gasteiger partial charge on any atom is -0.494 e. The van der Waals surface area contributed by atoms with Crippen LogP contribution in [-0.2, 0) is 14.3 Å². The van der Waals surface area contributed by atoms with Gasteiger partial charge in [0.2, 0.25) is 0 Å². The molecule has 1 aromatic carbocycles. The zero-order valence-corrected chi connectivity index (χ0v) is 15.9. The Labute approximate surface area is 161 Å². The quantitative estimate of drug-likeness (QED) is 0.699. The fourth-order valence-electron chi connectivity index (χ4n) is 4.09. The lowest BCUT2D eigenvalue weighted by Crippen LogP contribution is -2.30. The first kappa shape index (κ1) is 17.6. The zero-order valence-electron chi connectivity index (χ0n) is 14.4. The van der Waals surface area contributed by atoms with E-state index >= 15 is 0 Å². The fraction of sp³-hybridized carbons (Fsp3) is 0.400. The predicted octanol–water partition coefficient (Wildman–Crippen LogP) is 5.13. The van der Waals surface area contributed by atoms with Gasteiger partial charge in [-0.2, -0.15) is 0 Å². The largest absolute Gasteiger partial charge is 0.494 e. The van der Waals surface area contributed by atoms with Gasteiger partial charge in [-0.3, -0.25) is 9.59 Å². The average Bonchev–Trinajstić information content (AvgIpc) is 2.60. The highest BCUT2D eigenvalue weighted by atomic mass is 35.5. The summed E-state index contributed by atoms with van der Waals surface area (Å²) in [5.74, 6) is 1.38. The van der Waals surface area contributed by atoms with E-state index < -0.39 is 5.92 Å². The third-order valence-electron chi connectivity index (χ3n) is 5.20. The molecule has 0 spiro atoms. The van der Waals surface area contributed by atoms with Crippen LogP contribution in [0.4, 0.5) is 0 Å². The van der Waals surface area contributed by atoms with Crippen LogP contribution in [0.25, 0.3) is 0 Å². The van der Waals surface area contributed by atoms with Crippen molar-refractivity contribution in [3.8, 4) is 5.75 Å². The normalized spacial score (nSPS) is 20.7. The van der Waals surface area contributed by atoms with Gasteiger partial charge in [-0.05, 0) is 30.5 Å². The van der Waals surface area contributed by atoms with Gasteiger partial charge >= 0.3 is 0 Å². The van der Waals surface area contributed by atoms with Crippen molar-refractivity contribution < 1.29 is 19.1 Å². The Kier molecular flexibility index (Phi) is 4.57. The molecule has 2 aliphatic carbocycles. The van der Waals surface area contributed by atoms with Gasteiger partial charge in [-0.1, -0.05) is 23.2 Å². The molecule has 0 unspecified atom stereocenters. The number of ketones is 2. The lowest BCUT2D eigenvalue weighted by molar-refractivity contribution is -0.117. The van der Waals surface area contributed by atoms with E-state index in [9.17, 15) is 9.59 Å². The number of ether oxygens (including phenoxy) is 2.